The number of rotatable bonds is 2. The van der Waals surface area contributed by atoms with Crippen LogP contribution >= 0.6 is 11.3 Å². The van der Waals surface area contributed by atoms with Crippen molar-refractivity contribution >= 4 is 11.3 Å². The minimum Gasteiger partial charge on any atom is -0.319 e. The Labute approximate surface area is 95.1 Å². The van der Waals surface area contributed by atoms with E-state index < -0.39 is 0 Å². The van der Waals surface area contributed by atoms with Gasteiger partial charge < -0.3 is 11.1 Å². The first kappa shape index (κ1) is 11.0. The first-order valence-electron chi connectivity index (χ1n) is 5.57. The molecule has 84 valence electrons. The highest BCUT2D eigenvalue weighted by Gasteiger charge is 2.32. The molecule has 0 radical (unpaired) electrons. The summed E-state index contributed by atoms with van der Waals surface area (Å²) in [6.07, 6.45) is 2.00. The maximum Gasteiger partial charge on any atom is 0.113 e. The number of nitrogens with two attached hydrogens (primary N) is 1. The van der Waals surface area contributed by atoms with Crippen LogP contribution in [0.15, 0.2) is 5.38 Å². The zero-order valence-corrected chi connectivity index (χ0v) is 10.2. The molecule has 1 aromatic heterocycles. The number of hydrogen-bond acceptors (Lipinski definition) is 4. The van der Waals surface area contributed by atoms with E-state index in [1.165, 1.54) is 5.69 Å². The van der Waals surface area contributed by atoms with Gasteiger partial charge in [-0.05, 0) is 31.8 Å². The van der Waals surface area contributed by atoms with E-state index in [1.807, 2.05) is 0 Å². The van der Waals surface area contributed by atoms with Gasteiger partial charge in [-0.15, -0.1) is 11.3 Å². The lowest BCUT2D eigenvalue weighted by atomic mass is 9.90. The highest BCUT2D eigenvalue weighted by Crippen LogP contribution is 2.31. The van der Waals surface area contributed by atoms with Crippen LogP contribution in [-0.2, 0) is 5.54 Å². The molecule has 1 aliphatic rings. The van der Waals surface area contributed by atoms with Gasteiger partial charge in [0, 0.05) is 5.38 Å². The van der Waals surface area contributed by atoms with Crippen molar-refractivity contribution in [2.24, 2.45) is 5.73 Å². The molecule has 0 spiro atoms. The van der Waals surface area contributed by atoms with Gasteiger partial charge in [0.05, 0.1) is 11.2 Å². The number of nitrogens with one attached hydrogen (secondary N) is 1. The Kier molecular flexibility index (Phi) is 3.09. The van der Waals surface area contributed by atoms with Gasteiger partial charge in [0.15, 0.2) is 0 Å². The molecule has 1 aliphatic heterocycles. The van der Waals surface area contributed by atoms with E-state index in [1.54, 1.807) is 11.3 Å². The van der Waals surface area contributed by atoms with Crippen LogP contribution in [-0.4, -0.2) is 18.1 Å². The molecule has 0 saturated carbocycles. The molecule has 3 nitrogen and oxygen atoms in total. The fourth-order valence-electron chi connectivity index (χ4n) is 1.87. The standard InChI is InChI=1S/C11H19N3S/c1-8(2)9-7-15-10(14-9)11(12)3-5-13-6-4-11/h7-8,13H,3-6,12H2,1-2H3. The summed E-state index contributed by atoms with van der Waals surface area (Å²) in [6.45, 7) is 6.36. The fourth-order valence-corrected chi connectivity index (χ4v) is 3.02. The number of thiazole rings is 1. The molecular weight excluding hydrogens is 206 g/mol. The van der Waals surface area contributed by atoms with Crippen molar-refractivity contribution < 1.29 is 0 Å². The van der Waals surface area contributed by atoms with Crippen molar-refractivity contribution in [3.05, 3.63) is 16.1 Å². The fraction of sp³-hybridized carbons (Fsp3) is 0.727. The van der Waals surface area contributed by atoms with Gasteiger partial charge in [-0.25, -0.2) is 4.98 Å². The molecule has 1 saturated heterocycles. The largest absolute Gasteiger partial charge is 0.319 e. The third-order valence-corrected chi connectivity index (χ3v) is 4.12. The van der Waals surface area contributed by atoms with Gasteiger partial charge in [0.1, 0.15) is 5.01 Å². The molecule has 0 atom stereocenters. The Balaban J connectivity index is 2.20. The Hall–Kier alpha value is -0.450. The van der Waals surface area contributed by atoms with E-state index in [0.717, 1.165) is 30.9 Å². The monoisotopic (exact) mass is 225 g/mol. The van der Waals surface area contributed by atoms with E-state index >= 15 is 0 Å². The van der Waals surface area contributed by atoms with Gasteiger partial charge in [0.25, 0.3) is 0 Å². The normalized spacial score (nSPS) is 20.8. The molecule has 0 bridgehead atoms. The Morgan fingerprint density at radius 2 is 2.13 bits per heavy atom. The Morgan fingerprint density at radius 3 is 2.67 bits per heavy atom. The van der Waals surface area contributed by atoms with Crippen LogP contribution < -0.4 is 11.1 Å². The van der Waals surface area contributed by atoms with Crippen LogP contribution in [0, 0.1) is 0 Å². The molecule has 1 aromatic rings. The summed E-state index contributed by atoms with van der Waals surface area (Å²) in [5.41, 5.74) is 7.40. The van der Waals surface area contributed by atoms with Crippen molar-refractivity contribution in [2.45, 2.75) is 38.1 Å². The average Bonchev–Trinajstić information content (AvgIpc) is 2.68. The lowest BCUT2D eigenvalue weighted by Gasteiger charge is -2.31. The summed E-state index contributed by atoms with van der Waals surface area (Å²) < 4.78 is 0. The second-order valence-electron chi connectivity index (χ2n) is 4.64. The third kappa shape index (κ3) is 2.22. The van der Waals surface area contributed by atoms with Crippen molar-refractivity contribution in [1.29, 1.82) is 0 Å². The first-order chi connectivity index (χ1) is 7.12. The number of nitrogens with zero attached hydrogens (tertiary/aromatic N) is 1. The highest BCUT2D eigenvalue weighted by molar-refractivity contribution is 7.09. The maximum absolute atomic E-state index is 6.40. The van der Waals surface area contributed by atoms with E-state index in [4.69, 9.17) is 5.73 Å². The zero-order chi connectivity index (χ0) is 10.9. The van der Waals surface area contributed by atoms with Crippen molar-refractivity contribution in [1.82, 2.24) is 10.3 Å². The maximum atomic E-state index is 6.40. The molecule has 1 fully saturated rings. The van der Waals surface area contributed by atoms with Gasteiger partial charge in [-0.1, -0.05) is 13.8 Å². The zero-order valence-electron chi connectivity index (χ0n) is 9.42. The molecule has 0 unspecified atom stereocenters. The quantitative estimate of drug-likeness (QED) is 0.807. The molecule has 3 N–H and O–H groups in total. The average molecular weight is 225 g/mol. The van der Waals surface area contributed by atoms with Crippen molar-refractivity contribution in [2.75, 3.05) is 13.1 Å². The van der Waals surface area contributed by atoms with Crippen LogP contribution in [0.1, 0.15) is 43.3 Å². The summed E-state index contributed by atoms with van der Waals surface area (Å²) in [5.74, 6) is 0.500. The third-order valence-electron chi connectivity index (χ3n) is 3.04. The SMILES string of the molecule is CC(C)c1csc(C2(N)CCNCC2)n1. The number of aromatic nitrogens is 1. The topological polar surface area (TPSA) is 50.9 Å². The molecule has 0 aliphatic carbocycles. The molecule has 4 heteroatoms. The Morgan fingerprint density at radius 1 is 1.47 bits per heavy atom. The molecule has 0 aromatic carbocycles. The van der Waals surface area contributed by atoms with Crippen LogP contribution in [0.5, 0.6) is 0 Å². The molecular formula is C11H19N3S. The van der Waals surface area contributed by atoms with E-state index in [2.05, 4.69) is 29.5 Å². The molecule has 2 heterocycles. The molecule has 2 rings (SSSR count). The minimum atomic E-state index is -0.178. The molecule has 0 amide bonds. The van der Waals surface area contributed by atoms with Crippen molar-refractivity contribution in [3.63, 3.8) is 0 Å². The summed E-state index contributed by atoms with van der Waals surface area (Å²) in [7, 11) is 0. The summed E-state index contributed by atoms with van der Waals surface area (Å²) >= 11 is 1.72. The summed E-state index contributed by atoms with van der Waals surface area (Å²) in [4.78, 5) is 4.67. The van der Waals surface area contributed by atoms with Crippen LogP contribution in [0.2, 0.25) is 0 Å². The lowest BCUT2D eigenvalue weighted by Crippen LogP contribution is -2.46. The Bertz CT molecular complexity index is 326. The van der Waals surface area contributed by atoms with E-state index in [9.17, 15) is 0 Å². The van der Waals surface area contributed by atoms with Gasteiger partial charge in [-0.3, -0.25) is 0 Å². The van der Waals surface area contributed by atoms with Gasteiger partial charge in [0.2, 0.25) is 0 Å². The summed E-state index contributed by atoms with van der Waals surface area (Å²) in [6, 6.07) is 0. The van der Waals surface area contributed by atoms with Crippen molar-refractivity contribution in [3.8, 4) is 0 Å². The van der Waals surface area contributed by atoms with Crippen LogP contribution in [0.4, 0.5) is 0 Å². The predicted octanol–water partition coefficient (Wildman–Crippen LogP) is 1.80. The van der Waals surface area contributed by atoms with E-state index in [-0.39, 0.29) is 5.54 Å². The van der Waals surface area contributed by atoms with Gasteiger partial charge in [-0.2, -0.15) is 0 Å². The lowest BCUT2D eigenvalue weighted by molar-refractivity contribution is 0.316. The van der Waals surface area contributed by atoms with Crippen LogP contribution in [0.3, 0.4) is 0 Å². The second kappa shape index (κ2) is 4.20. The van der Waals surface area contributed by atoms with E-state index in [0.29, 0.717) is 5.92 Å². The minimum absolute atomic E-state index is 0.178. The van der Waals surface area contributed by atoms with Crippen LogP contribution in [0.25, 0.3) is 0 Å². The second-order valence-corrected chi connectivity index (χ2v) is 5.50. The molecule has 15 heavy (non-hydrogen) atoms. The highest BCUT2D eigenvalue weighted by atomic mass is 32.1. The summed E-state index contributed by atoms with van der Waals surface area (Å²) in [5, 5.41) is 6.60. The number of hydrogen-bond donors (Lipinski definition) is 2. The predicted molar refractivity (Wildman–Crippen MR) is 64.2 cm³/mol. The van der Waals surface area contributed by atoms with Gasteiger partial charge >= 0.3 is 0 Å². The number of piperidine rings is 1. The smallest absolute Gasteiger partial charge is 0.113 e. The first-order valence-corrected chi connectivity index (χ1v) is 6.45.